The number of fused-ring (bicyclic) bond motifs is 1. The molecule has 1 N–H and O–H groups in total. The minimum Gasteiger partial charge on any atom is -0.305 e. The number of aryl methyl sites for hydroxylation is 1. The predicted octanol–water partition coefficient (Wildman–Crippen LogP) is 1.77. The van der Waals surface area contributed by atoms with Crippen molar-refractivity contribution >= 4 is 5.52 Å². The summed E-state index contributed by atoms with van der Waals surface area (Å²) in [5.74, 6) is 0. The quantitative estimate of drug-likeness (QED) is 0.773. The van der Waals surface area contributed by atoms with Gasteiger partial charge in [-0.2, -0.15) is 10.2 Å². The summed E-state index contributed by atoms with van der Waals surface area (Å²) in [4.78, 5) is 0. The van der Waals surface area contributed by atoms with Crippen LogP contribution in [-0.4, -0.2) is 25.9 Å². The summed E-state index contributed by atoms with van der Waals surface area (Å²) in [7, 11) is 1.96. The minimum atomic E-state index is 0.109. The minimum absolute atomic E-state index is 0.109. The molecule has 0 aliphatic heterocycles. The molecule has 0 aliphatic carbocycles. The van der Waals surface area contributed by atoms with E-state index in [1.165, 1.54) is 5.56 Å². The predicted molar refractivity (Wildman–Crippen MR) is 73.9 cm³/mol. The van der Waals surface area contributed by atoms with Crippen LogP contribution in [0.5, 0.6) is 0 Å². The second-order valence-electron chi connectivity index (χ2n) is 4.50. The molecular formula is C14H17N5. The summed E-state index contributed by atoms with van der Waals surface area (Å²) in [6, 6.07) is 8.25. The first-order chi connectivity index (χ1) is 9.31. The van der Waals surface area contributed by atoms with Crippen molar-refractivity contribution in [2.24, 2.45) is 7.05 Å². The van der Waals surface area contributed by atoms with Crippen LogP contribution < -0.4 is 5.32 Å². The van der Waals surface area contributed by atoms with E-state index in [2.05, 4.69) is 28.5 Å². The third-order valence-electron chi connectivity index (χ3n) is 3.33. The van der Waals surface area contributed by atoms with Gasteiger partial charge in [0.15, 0.2) is 0 Å². The average molecular weight is 255 g/mol. The van der Waals surface area contributed by atoms with E-state index >= 15 is 0 Å². The highest BCUT2D eigenvalue weighted by Gasteiger charge is 2.19. The standard InChI is InChI=1S/C14H17N5/c1-3-15-14(13-7-8-16-18(13)2)11-10-17-19-9-5-4-6-12(11)19/h4-10,14-15H,3H2,1-2H3. The maximum absolute atomic E-state index is 4.41. The lowest BCUT2D eigenvalue weighted by molar-refractivity contribution is 0.575. The Morgan fingerprint density at radius 2 is 2.16 bits per heavy atom. The molecule has 0 aromatic carbocycles. The first-order valence-corrected chi connectivity index (χ1v) is 6.45. The number of pyridine rings is 1. The molecule has 3 aromatic rings. The van der Waals surface area contributed by atoms with E-state index in [-0.39, 0.29) is 6.04 Å². The van der Waals surface area contributed by atoms with E-state index in [0.717, 1.165) is 17.8 Å². The van der Waals surface area contributed by atoms with Gasteiger partial charge in [-0.15, -0.1) is 0 Å². The Morgan fingerprint density at radius 1 is 1.26 bits per heavy atom. The fraction of sp³-hybridized carbons (Fsp3) is 0.286. The molecule has 5 heteroatoms. The van der Waals surface area contributed by atoms with Crippen LogP contribution in [0.25, 0.3) is 5.52 Å². The van der Waals surface area contributed by atoms with Crippen LogP contribution in [0.1, 0.15) is 24.2 Å². The van der Waals surface area contributed by atoms with Gasteiger partial charge >= 0.3 is 0 Å². The van der Waals surface area contributed by atoms with Crippen molar-refractivity contribution in [3.05, 3.63) is 54.1 Å². The zero-order chi connectivity index (χ0) is 13.2. The first kappa shape index (κ1) is 11.9. The smallest absolute Gasteiger partial charge is 0.0785 e. The van der Waals surface area contributed by atoms with Gasteiger partial charge in [-0.3, -0.25) is 4.68 Å². The van der Waals surface area contributed by atoms with Crippen molar-refractivity contribution in [2.45, 2.75) is 13.0 Å². The molecule has 0 aliphatic rings. The molecule has 0 amide bonds. The van der Waals surface area contributed by atoms with Gasteiger partial charge in [-0.05, 0) is 24.7 Å². The Labute approximate surface area is 111 Å². The van der Waals surface area contributed by atoms with Crippen LogP contribution in [0.15, 0.2) is 42.9 Å². The third-order valence-corrected chi connectivity index (χ3v) is 3.33. The fourth-order valence-electron chi connectivity index (χ4n) is 2.42. The maximum atomic E-state index is 4.41. The molecule has 0 bridgehead atoms. The molecule has 0 spiro atoms. The van der Waals surface area contributed by atoms with Gasteiger partial charge in [0, 0.05) is 25.0 Å². The lowest BCUT2D eigenvalue weighted by Gasteiger charge is -2.17. The molecule has 1 atom stereocenters. The SMILES string of the molecule is CCNC(c1cnn2ccccc12)c1ccnn1C. The first-order valence-electron chi connectivity index (χ1n) is 6.45. The number of hydrogen-bond acceptors (Lipinski definition) is 3. The van der Waals surface area contributed by atoms with E-state index in [9.17, 15) is 0 Å². The van der Waals surface area contributed by atoms with Crippen molar-refractivity contribution in [3.8, 4) is 0 Å². The number of nitrogens with zero attached hydrogens (tertiary/aromatic N) is 4. The molecule has 0 radical (unpaired) electrons. The fourth-order valence-corrected chi connectivity index (χ4v) is 2.42. The van der Waals surface area contributed by atoms with Crippen LogP contribution in [0.3, 0.4) is 0 Å². The summed E-state index contributed by atoms with van der Waals surface area (Å²) in [5, 5.41) is 12.2. The lowest BCUT2D eigenvalue weighted by Crippen LogP contribution is -2.24. The molecular weight excluding hydrogens is 238 g/mol. The Balaban J connectivity index is 2.12. The van der Waals surface area contributed by atoms with Gasteiger partial charge in [0.05, 0.1) is 23.4 Å². The van der Waals surface area contributed by atoms with E-state index in [4.69, 9.17) is 0 Å². The lowest BCUT2D eigenvalue weighted by atomic mass is 10.1. The van der Waals surface area contributed by atoms with Crippen LogP contribution in [0.2, 0.25) is 0 Å². The topological polar surface area (TPSA) is 47.1 Å². The second-order valence-corrected chi connectivity index (χ2v) is 4.50. The van der Waals surface area contributed by atoms with Crippen LogP contribution >= 0.6 is 0 Å². The molecule has 3 rings (SSSR count). The largest absolute Gasteiger partial charge is 0.305 e. The van der Waals surface area contributed by atoms with E-state index in [0.29, 0.717) is 0 Å². The van der Waals surface area contributed by atoms with Crippen molar-refractivity contribution < 1.29 is 0 Å². The normalized spacial score (nSPS) is 12.9. The van der Waals surface area contributed by atoms with Crippen LogP contribution in [0.4, 0.5) is 0 Å². The maximum Gasteiger partial charge on any atom is 0.0785 e. The summed E-state index contributed by atoms with van der Waals surface area (Å²) in [5.41, 5.74) is 3.43. The summed E-state index contributed by atoms with van der Waals surface area (Å²) in [6.45, 7) is 3.00. The molecule has 98 valence electrons. The summed E-state index contributed by atoms with van der Waals surface area (Å²) >= 11 is 0. The Morgan fingerprint density at radius 3 is 2.89 bits per heavy atom. The molecule has 1 unspecified atom stereocenters. The van der Waals surface area contributed by atoms with Gasteiger partial charge < -0.3 is 5.32 Å². The van der Waals surface area contributed by atoms with Gasteiger partial charge in [0.25, 0.3) is 0 Å². The van der Waals surface area contributed by atoms with Gasteiger partial charge in [-0.25, -0.2) is 4.52 Å². The zero-order valence-corrected chi connectivity index (χ0v) is 11.1. The molecule has 3 aromatic heterocycles. The van der Waals surface area contributed by atoms with Gasteiger partial charge in [0.1, 0.15) is 0 Å². The molecule has 3 heterocycles. The van der Waals surface area contributed by atoms with Crippen molar-refractivity contribution in [3.63, 3.8) is 0 Å². The van der Waals surface area contributed by atoms with Crippen molar-refractivity contribution in [1.29, 1.82) is 0 Å². The highest BCUT2D eigenvalue weighted by Crippen LogP contribution is 2.25. The number of hydrogen-bond donors (Lipinski definition) is 1. The van der Waals surface area contributed by atoms with E-state index in [1.807, 2.05) is 53.0 Å². The zero-order valence-electron chi connectivity index (χ0n) is 11.1. The Kier molecular flexibility index (Phi) is 3.05. The summed E-state index contributed by atoms with van der Waals surface area (Å²) in [6.07, 6.45) is 5.71. The third kappa shape index (κ3) is 2.02. The summed E-state index contributed by atoms with van der Waals surface area (Å²) < 4.78 is 3.80. The second kappa shape index (κ2) is 4.85. The molecule has 0 fully saturated rings. The van der Waals surface area contributed by atoms with E-state index < -0.39 is 0 Å². The van der Waals surface area contributed by atoms with Crippen LogP contribution in [-0.2, 0) is 7.05 Å². The highest BCUT2D eigenvalue weighted by molar-refractivity contribution is 5.56. The van der Waals surface area contributed by atoms with Crippen molar-refractivity contribution in [1.82, 2.24) is 24.7 Å². The van der Waals surface area contributed by atoms with Crippen LogP contribution in [0, 0.1) is 0 Å². The molecule has 19 heavy (non-hydrogen) atoms. The Hall–Kier alpha value is -2.14. The number of aromatic nitrogens is 4. The van der Waals surface area contributed by atoms with Gasteiger partial charge in [-0.1, -0.05) is 13.0 Å². The monoisotopic (exact) mass is 255 g/mol. The molecule has 5 nitrogen and oxygen atoms in total. The average Bonchev–Trinajstić information content (AvgIpc) is 3.03. The van der Waals surface area contributed by atoms with Crippen molar-refractivity contribution in [2.75, 3.05) is 6.54 Å². The number of rotatable bonds is 4. The van der Waals surface area contributed by atoms with Gasteiger partial charge in [0.2, 0.25) is 0 Å². The van der Waals surface area contributed by atoms with E-state index in [1.54, 1.807) is 0 Å². The molecule has 0 saturated carbocycles. The molecule has 0 saturated heterocycles. The number of nitrogens with one attached hydrogen (secondary N) is 1. The Bertz CT molecular complexity index is 682. The highest BCUT2D eigenvalue weighted by atomic mass is 15.3.